The summed E-state index contributed by atoms with van der Waals surface area (Å²) in [5.74, 6) is 1.60. The lowest BCUT2D eigenvalue weighted by atomic mass is 9.82. The number of nitrogens with zero attached hydrogens (tertiary/aromatic N) is 1. The molecule has 112 valence electrons. The molecule has 2 N–H and O–H groups in total. The molecule has 0 aliphatic heterocycles. The minimum Gasteiger partial charge on any atom is -0.321 e. The second-order valence-electron chi connectivity index (χ2n) is 7.00. The van der Waals surface area contributed by atoms with E-state index < -0.39 is 0 Å². The minimum atomic E-state index is -0.159. The van der Waals surface area contributed by atoms with Crippen LogP contribution in [0.3, 0.4) is 0 Å². The molecule has 2 nitrogen and oxygen atoms in total. The first-order valence-electron chi connectivity index (χ1n) is 8.23. The van der Waals surface area contributed by atoms with E-state index >= 15 is 0 Å². The van der Waals surface area contributed by atoms with Crippen molar-refractivity contribution in [2.75, 3.05) is 0 Å². The van der Waals surface area contributed by atoms with Crippen LogP contribution in [0.25, 0.3) is 10.9 Å². The molecule has 3 rings (SSSR count). The smallest absolute Gasteiger partial charge is 0.0702 e. The fraction of sp³-hybridized carbons (Fsp3) is 0.526. The van der Waals surface area contributed by atoms with Gasteiger partial charge in [0.1, 0.15) is 0 Å². The molecule has 0 saturated heterocycles. The van der Waals surface area contributed by atoms with Gasteiger partial charge in [-0.15, -0.1) is 0 Å². The van der Waals surface area contributed by atoms with Gasteiger partial charge in [-0.2, -0.15) is 0 Å². The first-order valence-corrected chi connectivity index (χ1v) is 8.23. The summed E-state index contributed by atoms with van der Waals surface area (Å²) in [6.45, 7) is 4.69. The van der Waals surface area contributed by atoms with E-state index in [0.29, 0.717) is 0 Å². The molecule has 1 fully saturated rings. The molecule has 0 amide bonds. The van der Waals surface area contributed by atoms with Crippen LogP contribution in [0, 0.1) is 11.8 Å². The molecule has 2 heteroatoms. The standard InChI is InChI=1S/C19H26N2/c1-14(2)15-5-3-10-19(20,11-9-15)17-7-8-18-16(13-17)6-4-12-21-18/h4,6-8,12-15H,3,5,9-11,20H2,1-2H3. The monoisotopic (exact) mass is 282 g/mol. The molecule has 2 unspecified atom stereocenters. The van der Waals surface area contributed by atoms with Gasteiger partial charge in [-0.25, -0.2) is 0 Å². The Kier molecular flexibility index (Phi) is 3.99. The van der Waals surface area contributed by atoms with E-state index in [9.17, 15) is 0 Å². The Labute approximate surface area is 127 Å². The van der Waals surface area contributed by atoms with Gasteiger partial charge in [0.2, 0.25) is 0 Å². The highest BCUT2D eigenvalue weighted by molar-refractivity contribution is 5.79. The average molecular weight is 282 g/mol. The van der Waals surface area contributed by atoms with E-state index in [1.54, 1.807) is 0 Å². The Bertz CT molecular complexity index is 620. The molecule has 1 aliphatic carbocycles. The topological polar surface area (TPSA) is 38.9 Å². The van der Waals surface area contributed by atoms with E-state index in [-0.39, 0.29) is 5.54 Å². The molecule has 1 aromatic heterocycles. The maximum absolute atomic E-state index is 6.81. The molecule has 21 heavy (non-hydrogen) atoms. The minimum absolute atomic E-state index is 0.159. The quantitative estimate of drug-likeness (QED) is 0.816. The third kappa shape index (κ3) is 2.96. The number of benzene rings is 1. The van der Waals surface area contributed by atoms with Gasteiger partial charge in [0, 0.05) is 17.1 Å². The Morgan fingerprint density at radius 3 is 2.86 bits per heavy atom. The fourth-order valence-corrected chi connectivity index (χ4v) is 3.73. The van der Waals surface area contributed by atoms with E-state index in [1.165, 1.54) is 30.2 Å². The molecule has 2 aromatic rings. The van der Waals surface area contributed by atoms with Crippen molar-refractivity contribution in [1.29, 1.82) is 0 Å². The Hall–Kier alpha value is -1.41. The highest BCUT2D eigenvalue weighted by Crippen LogP contribution is 2.38. The van der Waals surface area contributed by atoms with Gasteiger partial charge in [0.25, 0.3) is 0 Å². The summed E-state index contributed by atoms with van der Waals surface area (Å²) < 4.78 is 0. The van der Waals surface area contributed by atoms with Crippen LogP contribution in [-0.2, 0) is 5.54 Å². The summed E-state index contributed by atoms with van der Waals surface area (Å²) in [4.78, 5) is 4.40. The molecular weight excluding hydrogens is 256 g/mol. The SMILES string of the molecule is CC(C)C1CCCC(N)(c2ccc3ncccc3c2)CC1. The van der Waals surface area contributed by atoms with Gasteiger partial charge in [-0.05, 0) is 54.9 Å². The molecule has 1 saturated carbocycles. The van der Waals surface area contributed by atoms with E-state index in [1.807, 2.05) is 12.3 Å². The zero-order valence-electron chi connectivity index (χ0n) is 13.2. The number of nitrogens with two attached hydrogens (primary N) is 1. The number of fused-ring (bicyclic) bond motifs is 1. The normalized spacial score (nSPS) is 27.0. The molecular formula is C19H26N2. The van der Waals surface area contributed by atoms with Gasteiger partial charge in [0.05, 0.1) is 5.52 Å². The first kappa shape index (κ1) is 14.5. The van der Waals surface area contributed by atoms with Crippen molar-refractivity contribution in [2.24, 2.45) is 17.6 Å². The Balaban J connectivity index is 1.89. The van der Waals surface area contributed by atoms with Crippen molar-refractivity contribution in [3.05, 3.63) is 42.1 Å². The first-order chi connectivity index (χ1) is 10.1. The van der Waals surface area contributed by atoms with Gasteiger partial charge in [-0.1, -0.05) is 38.8 Å². The van der Waals surface area contributed by atoms with Crippen molar-refractivity contribution >= 4 is 10.9 Å². The third-order valence-corrected chi connectivity index (χ3v) is 5.28. The number of hydrogen-bond acceptors (Lipinski definition) is 2. The summed E-state index contributed by atoms with van der Waals surface area (Å²) in [7, 11) is 0. The van der Waals surface area contributed by atoms with Crippen LogP contribution in [0.5, 0.6) is 0 Å². The van der Waals surface area contributed by atoms with E-state index in [0.717, 1.165) is 30.2 Å². The third-order valence-electron chi connectivity index (χ3n) is 5.28. The largest absolute Gasteiger partial charge is 0.321 e. The van der Waals surface area contributed by atoms with Crippen LogP contribution in [0.15, 0.2) is 36.5 Å². The van der Waals surface area contributed by atoms with Crippen LogP contribution in [0.4, 0.5) is 0 Å². The number of rotatable bonds is 2. The molecule has 0 bridgehead atoms. The van der Waals surface area contributed by atoms with Crippen molar-refractivity contribution in [3.63, 3.8) is 0 Å². The molecule has 1 aromatic carbocycles. The van der Waals surface area contributed by atoms with Gasteiger partial charge >= 0.3 is 0 Å². The summed E-state index contributed by atoms with van der Waals surface area (Å²) in [5, 5.41) is 1.20. The van der Waals surface area contributed by atoms with E-state index in [2.05, 4.69) is 43.1 Å². The summed E-state index contributed by atoms with van der Waals surface area (Å²) in [6, 6.07) is 10.7. The highest BCUT2D eigenvalue weighted by Gasteiger charge is 2.31. The second kappa shape index (κ2) is 5.76. The van der Waals surface area contributed by atoms with Crippen LogP contribution in [0.2, 0.25) is 0 Å². The Morgan fingerprint density at radius 2 is 2.05 bits per heavy atom. The maximum Gasteiger partial charge on any atom is 0.0702 e. The van der Waals surface area contributed by atoms with Crippen LogP contribution in [-0.4, -0.2) is 4.98 Å². The van der Waals surface area contributed by atoms with Gasteiger partial charge in [-0.3, -0.25) is 4.98 Å². The number of hydrogen-bond donors (Lipinski definition) is 1. The van der Waals surface area contributed by atoms with Crippen LogP contribution >= 0.6 is 0 Å². The molecule has 2 atom stereocenters. The van der Waals surface area contributed by atoms with Crippen molar-refractivity contribution in [1.82, 2.24) is 4.98 Å². The van der Waals surface area contributed by atoms with Crippen molar-refractivity contribution in [3.8, 4) is 0 Å². The zero-order valence-corrected chi connectivity index (χ0v) is 13.2. The molecule has 1 aliphatic rings. The highest BCUT2D eigenvalue weighted by atomic mass is 14.7. The average Bonchev–Trinajstić information content (AvgIpc) is 2.70. The molecule has 0 radical (unpaired) electrons. The second-order valence-corrected chi connectivity index (χ2v) is 7.00. The predicted octanol–water partition coefficient (Wildman–Crippen LogP) is 4.63. The maximum atomic E-state index is 6.81. The zero-order chi connectivity index (χ0) is 14.9. The summed E-state index contributed by atoms with van der Waals surface area (Å²) >= 11 is 0. The summed E-state index contributed by atoms with van der Waals surface area (Å²) in [6.07, 6.45) is 7.86. The lowest BCUT2D eigenvalue weighted by Gasteiger charge is -2.29. The van der Waals surface area contributed by atoms with Gasteiger partial charge in [0.15, 0.2) is 0 Å². The van der Waals surface area contributed by atoms with Gasteiger partial charge < -0.3 is 5.73 Å². The number of pyridine rings is 1. The Morgan fingerprint density at radius 1 is 1.19 bits per heavy atom. The lowest BCUT2D eigenvalue weighted by molar-refractivity contribution is 0.325. The number of aromatic nitrogens is 1. The van der Waals surface area contributed by atoms with E-state index in [4.69, 9.17) is 5.73 Å². The van der Waals surface area contributed by atoms with Crippen molar-refractivity contribution < 1.29 is 0 Å². The fourth-order valence-electron chi connectivity index (χ4n) is 3.73. The van der Waals surface area contributed by atoms with Crippen LogP contribution in [0.1, 0.15) is 51.5 Å². The van der Waals surface area contributed by atoms with Crippen LogP contribution < -0.4 is 5.73 Å². The van der Waals surface area contributed by atoms with Crippen molar-refractivity contribution in [2.45, 2.75) is 51.5 Å². The molecule has 0 spiro atoms. The lowest BCUT2D eigenvalue weighted by Crippen LogP contribution is -2.36. The molecule has 1 heterocycles. The summed E-state index contributed by atoms with van der Waals surface area (Å²) in [5.41, 5.74) is 8.99. The predicted molar refractivity (Wildman–Crippen MR) is 89.0 cm³/mol.